The van der Waals surface area contributed by atoms with E-state index in [4.69, 9.17) is 5.11 Å². The molecule has 0 saturated heterocycles. The first-order valence-corrected chi connectivity index (χ1v) is 5.46. The zero-order valence-corrected chi connectivity index (χ0v) is 10.5. The molecule has 8 nitrogen and oxygen atoms in total. The van der Waals surface area contributed by atoms with Crippen LogP contribution in [-0.4, -0.2) is 32.1 Å². The lowest BCUT2D eigenvalue weighted by molar-refractivity contribution is -0.388. The van der Waals surface area contributed by atoms with E-state index in [9.17, 15) is 14.9 Å². The fraction of sp³-hybridized carbons (Fsp3) is 0.600. The topological polar surface area (TPSA) is 110 Å². The normalized spacial score (nSPS) is 12.2. The molecule has 0 spiro atoms. The van der Waals surface area contributed by atoms with Crippen molar-refractivity contribution < 1.29 is 14.8 Å². The van der Waals surface area contributed by atoms with Gasteiger partial charge in [-0.3, -0.25) is 9.36 Å². The Hall–Kier alpha value is -2.12. The molecule has 100 valence electrons. The number of nitrogens with one attached hydrogen (secondary N) is 1. The lowest BCUT2D eigenvalue weighted by Gasteiger charge is -2.11. The number of carboxylic acids is 1. The molecular weight excluding hydrogens is 240 g/mol. The molecule has 1 atom stereocenters. The minimum absolute atomic E-state index is 0.0115. The Morgan fingerprint density at radius 3 is 2.78 bits per heavy atom. The van der Waals surface area contributed by atoms with E-state index in [1.807, 2.05) is 0 Å². The highest BCUT2D eigenvalue weighted by Crippen LogP contribution is 2.24. The Labute approximate surface area is 104 Å². The van der Waals surface area contributed by atoms with E-state index in [0.717, 1.165) is 0 Å². The van der Waals surface area contributed by atoms with Crippen LogP contribution in [0.4, 0.5) is 11.6 Å². The second kappa shape index (κ2) is 5.48. The van der Waals surface area contributed by atoms with Crippen molar-refractivity contribution in [1.82, 2.24) is 9.55 Å². The molecule has 0 aliphatic rings. The van der Waals surface area contributed by atoms with Crippen LogP contribution in [0.5, 0.6) is 0 Å². The molecule has 2 N–H and O–H groups in total. The molecule has 1 aromatic rings. The molecule has 0 aliphatic heterocycles. The highest BCUT2D eigenvalue weighted by Gasteiger charge is 2.23. The van der Waals surface area contributed by atoms with Crippen LogP contribution >= 0.6 is 0 Å². The summed E-state index contributed by atoms with van der Waals surface area (Å²) in [4.78, 5) is 24.6. The third-order valence-corrected chi connectivity index (χ3v) is 2.61. The molecule has 8 heteroatoms. The molecule has 0 saturated carbocycles. The maximum atomic E-state index is 10.8. The Morgan fingerprint density at radius 1 is 1.67 bits per heavy atom. The van der Waals surface area contributed by atoms with Crippen molar-refractivity contribution in [2.24, 2.45) is 13.0 Å². The molecule has 1 unspecified atom stereocenters. The van der Waals surface area contributed by atoms with Crippen LogP contribution in [0.1, 0.15) is 19.2 Å². The van der Waals surface area contributed by atoms with E-state index in [1.165, 1.54) is 0 Å². The number of nitrogens with zero attached hydrogens (tertiary/aromatic N) is 3. The van der Waals surface area contributed by atoms with E-state index >= 15 is 0 Å². The number of nitro groups is 1. The predicted octanol–water partition coefficient (Wildman–Crippen LogP) is 1.16. The van der Waals surface area contributed by atoms with Crippen molar-refractivity contribution in [3.8, 4) is 0 Å². The molecule has 1 aromatic heterocycles. The second-order valence-electron chi connectivity index (χ2n) is 4.23. The van der Waals surface area contributed by atoms with Crippen LogP contribution in [0.2, 0.25) is 0 Å². The van der Waals surface area contributed by atoms with Crippen molar-refractivity contribution >= 4 is 17.6 Å². The Balaban J connectivity index is 2.78. The van der Waals surface area contributed by atoms with Crippen molar-refractivity contribution in [2.45, 2.75) is 20.3 Å². The van der Waals surface area contributed by atoms with Gasteiger partial charge in [0.1, 0.15) is 0 Å². The molecule has 0 radical (unpaired) electrons. The zero-order chi connectivity index (χ0) is 13.9. The number of hydrogen-bond acceptors (Lipinski definition) is 5. The van der Waals surface area contributed by atoms with Crippen LogP contribution in [0, 0.1) is 23.0 Å². The molecular formula is C10H16N4O4. The molecule has 0 fully saturated rings. The summed E-state index contributed by atoms with van der Waals surface area (Å²) in [6, 6.07) is 0. The number of imidazole rings is 1. The third-order valence-electron chi connectivity index (χ3n) is 2.61. The average molecular weight is 256 g/mol. The molecule has 0 bridgehead atoms. The number of carbonyl (C=O) groups is 1. The molecule has 0 amide bonds. The molecule has 1 rings (SSSR count). The number of rotatable bonds is 6. The van der Waals surface area contributed by atoms with Crippen LogP contribution in [0.15, 0.2) is 0 Å². The Bertz CT molecular complexity index is 469. The summed E-state index contributed by atoms with van der Waals surface area (Å²) in [7, 11) is 1.67. The van der Waals surface area contributed by atoms with Gasteiger partial charge in [-0.05, 0) is 15.8 Å². The standard InChI is InChI=1S/C10H16N4O4/c1-6(4-8(15)16)5-11-9-10(14(17)18)12-7(2)13(9)3/h6,11H,4-5H2,1-3H3,(H,15,16). The maximum absolute atomic E-state index is 10.8. The van der Waals surface area contributed by atoms with E-state index < -0.39 is 10.9 Å². The second-order valence-corrected chi connectivity index (χ2v) is 4.23. The lowest BCUT2D eigenvalue weighted by atomic mass is 10.1. The van der Waals surface area contributed by atoms with Gasteiger partial charge >= 0.3 is 11.8 Å². The largest absolute Gasteiger partial charge is 0.481 e. The van der Waals surface area contributed by atoms with Gasteiger partial charge in [-0.2, -0.15) is 0 Å². The summed E-state index contributed by atoms with van der Waals surface area (Å²) in [5.41, 5.74) is 0. The summed E-state index contributed by atoms with van der Waals surface area (Å²) in [6.07, 6.45) is 0.0115. The number of aromatic nitrogens is 2. The average Bonchev–Trinajstić information content (AvgIpc) is 2.52. The monoisotopic (exact) mass is 256 g/mol. The summed E-state index contributed by atoms with van der Waals surface area (Å²) in [5.74, 6) is -0.431. The van der Waals surface area contributed by atoms with Crippen LogP contribution in [0.3, 0.4) is 0 Å². The zero-order valence-electron chi connectivity index (χ0n) is 10.5. The Morgan fingerprint density at radius 2 is 2.28 bits per heavy atom. The van der Waals surface area contributed by atoms with Gasteiger partial charge in [-0.15, -0.1) is 0 Å². The van der Waals surface area contributed by atoms with Gasteiger partial charge in [0.25, 0.3) is 0 Å². The maximum Gasteiger partial charge on any atom is 0.406 e. The van der Waals surface area contributed by atoms with Crippen molar-refractivity contribution in [3.63, 3.8) is 0 Å². The first kappa shape index (κ1) is 13.9. The van der Waals surface area contributed by atoms with Crippen LogP contribution in [-0.2, 0) is 11.8 Å². The van der Waals surface area contributed by atoms with Gasteiger partial charge in [0.05, 0.1) is 0 Å². The highest BCUT2D eigenvalue weighted by atomic mass is 16.6. The predicted molar refractivity (Wildman–Crippen MR) is 64.5 cm³/mol. The van der Waals surface area contributed by atoms with Crippen LogP contribution < -0.4 is 5.32 Å². The van der Waals surface area contributed by atoms with Crippen LogP contribution in [0.25, 0.3) is 0 Å². The van der Waals surface area contributed by atoms with Gasteiger partial charge in [0.15, 0.2) is 0 Å². The number of aliphatic carboxylic acids is 1. The highest BCUT2D eigenvalue weighted by molar-refractivity contribution is 5.67. The fourth-order valence-corrected chi connectivity index (χ4v) is 1.56. The first-order chi connectivity index (χ1) is 8.32. The number of hydrogen-bond donors (Lipinski definition) is 2. The smallest absolute Gasteiger partial charge is 0.406 e. The molecule has 0 aliphatic carbocycles. The van der Waals surface area contributed by atoms with Gasteiger partial charge < -0.3 is 20.5 Å². The van der Waals surface area contributed by atoms with E-state index in [0.29, 0.717) is 18.2 Å². The Kier molecular flexibility index (Phi) is 4.24. The van der Waals surface area contributed by atoms with Crippen molar-refractivity contribution in [2.75, 3.05) is 11.9 Å². The number of carboxylic acid groups (broad SMARTS) is 1. The summed E-state index contributed by atoms with van der Waals surface area (Å²) < 4.78 is 1.58. The lowest BCUT2D eigenvalue weighted by Crippen LogP contribution is -2.17. The fourth-order valence-electron chi connectivity index (χ4n) is 1.56. The van der Waals surface area contributed by atoms with Gasteiger partial charge in [0.2, 0.25) is 11.6 Å². The van der Waals surface area contributed by atoms with Gasteiger partial charge in [0, 0.05) is 26.9 Å². The third kappa shape index (κ3) is 3.19. The summed E-state index contributed by atoms with van der Waals surface area (Å²) in [5, 5.41) is 22.3. The SMILES string of the molecule is Cc1nc([N+](=O)[O-])c(NCC(C)CC(=O)O)n1C. The van der Waals surface area contributed by atoms with Crippen molar-refractivity contribution in [3.05, 3.63) is 15.9 Å². The molecule has 18 heavy (non-hydrogen) atoms. The minimum Gasteiger partial charge on any atom is -0.481 e. The van der Waals surface area contributed by atoms with E-state index in [1.54, 1.807) is 25.5 Å². The molecule has 1 heterocycles. The molecule has 0 aromatic carbocycles. The van der Waals surface area contributed by atoms with E-state index in [2.05, 4.69) is 10.3 Å². The van der Waals surface area contributed by atoms with E-state index in [-0.39, 0.29) is 18.2 Å². The van der Waals surface area contributed by atoms with Crippen molar-refractivity contribution in [1.29, 1.82) is 0 Å². The number of anilines is 1. The van der Waals surface area contributed by atoms with Gasteiger partial charge in [-0.25, -0.2) is 0 Å². The van der Waals surface area contributed by atoms with Gasteiger partial charge in [-0.1, -0.05) is 6.92 Å². The first-order valence-electron chi connectivity index (χ1n) is 5.46. The minimum atomic E-state index is -0.889. The summed E-state index contributed by atoms with van der Waals surface area (Å²) >= 11 is 0. The number of aryl methyl sites for hydroxylation is 1. The summed E-state index contributed by atoms with van der Waals surface area (Å²) in [6.45, 7) is 3.77. The quantitative estimate of drug-likeness (QED) is 0.583.